The van der Waals surface area contributed by atoms with E-state index >= 15 is 0 Å². The van der Waals surface area contributed by atoms with Crippen LogP contribution in [0, 0.1) is 22.7 Å². The zero-order valence-electron chi connectivity index (χ0n) is 17.6. The molecule has 0 atom stereocenters. The van der Waals surface area contributed by atoms with E-state index in [1.54, 1.807) is 30.5 Å². The van der Waals surface area contributed by atoms with E-state index in [1.807, 2.05) is 72.8 Å². The zero-order chi connectivity index (χ0) is 22.6. The molecule has 0 N–H and O–H groups in total. The maximum absolute atomic E-state index is 9.16. The topological polar surface area (TPSA) is 76.6 Å². The number of para-hydroxylation sites is 2. The highest BCUT2D eigenvalue weighted by molar-refractivity contribution is 5.80. The molecule has 0 aliphatic heterocycles. The minimum Gasteiger partial charge on any atom is -0.311 e. The fourth-order valence-electron chi connectivity index (χ4n) is 3.69. The Morgan fingerprint density at radius 1 is 0.576 bits per heavy atom. The van der Waals surface area contributed by atoms with E-state index in [2.05, 4.69) is 22.0 Å². The molecule has 0 bridgehead atoms. The first-order chi connectivity index (χ1) is 16.2. The van der Waals surface area contributed by atoms with Gasteiger partial charge in [0.15, 0.2) is 0 Å². The van der Waals surface area contributed by atoms with E-state index < -0.39 is 0 Å². The Morgan fingerprint density at radius 2 is 1.06 bits per heavy atom. The molecule has 0 fully saturated rings. The summed E-state index contributed by atoms with van der Waals surface area (Å²) in [6.07, 6.45) is 1.79. The molecule has 4 aromatic carbocycles. The predicted molar refractivity (Wildman–Crippen MR) is 129 cm³/mol. The second-order valence-electron chi connectivity index (χ2n) is 7.44. The van der Waals surface area contributed by atoms with Gasteiger partial charge in [-0.25, -0.2) is 4.98 Å². The van der Waals surface area contributed by atoms with Gasteiger partial charge in [-0.1, -0.05) is 24.3 Å². The summed E-state index contributed by atoms with van der Waals surface area (Å²) in [6, 6.07) is 35.1. The average Bonchev–Trinajstić information content (AvgIpc) is 2.90. The molecule has 5 rings (SSSR count). The third kappa shape index (κ3) is 3.99. The van der Waals surface area contributed by atoms with Crippen LogP contribution in [0.3, 0.4) is 0 Å². The molecular formula is C28H17N5. The molecule has 5 aromatic rings. The number of nitrogens with zero attached hydrogens (tertiary/aromatic N) is 5. The second-order valence-corrected chi connectivity index (χ2v) is 7.44. The van der Waals surface area contributed by atoms with Gasteiger partial charge in [-0.2, -0.15) is 10.5 Å². The van der Waals surface area contributed by atoms with E-state index in [4.69, 9.17) is 15.5 Å². The summed E-state index contributed by atoms with van der Waals surface area (Å²) >= 11 is 0. The molecule has 0 unspecified atom stereocenters. The summed E-state index contributed by atoms with van der Waals surface area (Å²) in [5.41, 5.74) is 7.48. The van der Waals surface area contributed by atoms with E-state index in [0.717, 1.165) is 39.4 Å². The molecule has 0 spiro atoms. The number of nitriles is 2. The Labute approximate surface area is 191 Å². The maximum atomic E-state index is 9.16. The van der Waals surface area contributed by atoms with Crippen molar-refractivity contribution in [3.8, 4) is 23.4 Å². The van der Waals surface area contributed by atoms with Gasteiger partial charge in [0.05, 0.1) is 46.2 Å². The quantitative estimate of drug-likeness (QED) is 0.329. The number of hydrogen-bond acceptors (Lipinski definition) is 5. The number of anilines is 3. The lowest BCUT2D eigenvalue weighted by molar-refractivity contribution is 1.27. The first kappa shape index (κ1) is 19.9. The molecule has 33 heavy (non-hydrogen) atoms. The molecular weight excluding hydrogens is 406 g/mol. The zero-order valence-corrected chi connectivity index (χ0v) is 17.6. The first-order valence-corrected chi connectivity index (χ1v) is 10.4. The Kier molecular flexibility index (Phi) is 5.21. The number of rotatable bonds is 4. The first-order valence-electron chi connectivity index (χ1n) is 10.4. The van der Waals surface area contributed by atoms with E-state index in [1.165, 1.54) is 0 Å². The van der Waals surface area contributed by atoms with Crippen LogP contribution in [-0.2, 0) is 0 Å². The summed E-state index contributed by atoms with van der Waals surface area (Å²) in [6.45, 7) is 0. The van der Waals surface area contributed by atoms with Crippen LogP contribution >= 0.6 is 0 Å². The minimum atomic E-state index is 0.601. The lowest BCUT2D eigenvalue weighted by Crippen LogP contribution is -2.09. The van der Waals surface area contributed by atoms with Crippen molar-refractivity contribution in [2.75, 3.05) is 4.90 Å². The van der Waals surface area contributed by atoms with Crippen molar-refractivity contribution in [3.05, 3.63) is 114 Å². The van der Waals surface area contributed by atoms with Gasteiger partial charge < -0.3 is 4.90 Å². The van der Waals surface area contributed by atoms with Crippen molar-refractivity contribution in [3.63, 3.8) is 0 Å². The molecule has 0 aliphatic carbocycles. The molecule has 0 saturated heterocycles. The lowest BCUT2D eigenvalue weighted by atomic mass is 10.1. The highest BCUT2D eigenvalue weighted by Crippen LogP contribution is 2.35. The summed E-state index contributed by atoms with van der Waals surface area (Å²) in [4.78, 5) is 11.3. The molecule has 0 saturated carbocycles. The number of fused-ring (bicyclic) bond motifs is 1. The minimum absolute atomic E-state index is 0.601. The SMILES string of the molecule is N#Cc1ccc(N(c2ccc(C#N)cc2)c2ccc(-c3cnc4ccccc4n3)cc2)cc1. The van der Waals surface area contributed by atoms with Gasteiger partial charge in [0.25, 0.3) is 0 Å². The van der Waals surface area contributed by atoms with Gasteiger partial charge in [-0.3, -0.25) is 4.98 Å². The maximum Gasteiger partial charge on any atom is 0.0991 e. The number of benzene rings is 4. The van der Waals surface area contributed by atoms with Crippen LogP contribution in [0.5, 0.6) is 0 Å². The smallest absolute Gasteiger partial charge is 0.0991 e. The van der Waals surface area contributed by atoms with E-state index in [0.29, 0.717) is 11.1 Å². The largest absolute Gasteiger partial charge is 0.311 e. The van der Waals surface area contributed by atoms with Gasteiger partial charge in [-0.05, 0) is 72.8 Å². The number of aromatic nitrogens is 2. The molecule has 154 valence electrons. The second kappa shape index (κ2) is 8.63. The van der Waals surface area contributed by atoms with Gasteiger partial charge in [0.1, 0.15) is 0 Å². The standard InChI is InChI=1S/C28H17N5/c29-17-20-5-11-23(12-6-20)33(24-13-7-21(18-30)8-14-24)25-15-9-22(10-16-25)28-19-31-26-3-1-2-4-27(26)32-28/h1-16,19H. The number of hydrogen-bond donors (Lipinski definition) is 0. The summed E-state index contributed by atoms with van der Waals surface area (Å²) < 4.78 is 0. The van der Waals surface area contributed by atoms with Crippen molar-refractivity contribution in [2.45, 2.75) is 0 Å². The summed E-state index contributed by atoms with van der Waals surface area (Å²) in [5, 5.41) is 18.3. The summed E-state index contributed by atoms with van der Waals surface area (Å²) in [5.74, 6) is 0. The van der Waals surface area contributed by atoms with Crippen molar-refractivity contribution < 1.29 is 0 Å². The van der Waals surface area contributed by atoms with E-state index in [-0.39, 0.29) is 0 Å². The van der Waals surface area contributed by atoms with Crippen LogP contribution in [0.15, 0.2) is 103 Å². The predicted octanol–water partition coefficient (Wildman–Crippen LogP) is 6.51. The average molecular weight is 423 g/mol. The summed E-state index contributed by atoms with van der Waals surface area (Å²) in [7, 11) is 0. The van der Waals surface area contributed by atoms with Crippen LogP contribution in [0.2, 0.25) is 0 Å². The molecule has 5 heteroatoms. The van der Waals surface area contributed by atoms with Crippen LogP contribution in [0.25, 0.3) is 22.3 Å². The van der Waals surface area contributed by atoms with Crippen molar-refractivity contribution in [2.24, 2.45) is 0 Å². The lowest BCUT2D eigenvalue weighted by Gasteiger charge is -2.25. The Balaban J connectivity index is 1.55. The van der Waals surface area contributed by atoms with Gasteiger partial charge >= 0.3 is 0 Å². The van der Waals surface area contributed by atoms with Crippen LogP contribution in [-0.4, -0.2) is 9.97 Å². The molecule has 1 heterocycles. The fourth-order valence-corrected chi connectivity index (χ4v) is 3.69. The monoisotopic (exact) mass is 423 g/mol. The van der Waals surface area contributed by atoms with Crippen molar-refractivity contribution in [1.82, 2.24) is 9.97 Å². The van der Waals surface area contributed by atoms with Gasteiger partial charge in [-0.15, -0.1) is 0 Å². The van der Waals surface area contributed by atoms with Crippen LogP contribution in [0.1, 0.15) is 11.1 Å². The van der Waals surface area contributed by atoms with Gasteiger partial charge in [0, 0.05) is 22.6 Å². The Hall–Kier alpha value is -5.00. The van der Waals surface area contributed by atoms with Crippen molar-refractivity contribution >= 4 is 28.1 Å². The Morgan fingerprint density at radius 3 is 1.58 bits per heavy atom. The van der Waals surface area contributed by atoms with Gasteiger partial charge in [0.2, 0.25) is 0 Å². The highest BCUT2D eigenvalue weighted by atomic mass is 15.1. The molecule has 0 aliphatic rings. The molecule has 0 amide bonds. The molecule has 1 aromatic heterocycles. The normalized spacial score (nSPS) is 10.4. The third-order valence-electron chi connectivity index (χ3n) is 5.38. The van der Waals surface area contributed by atoms with Crippen molar-refractivity contribution in [1.29, 1.82) is 10.5 Å². The Bertz CT molecular complexity index is 1450. The van der Waals surface area contributed by atoms with E-state index in [9.17, 15) is 0 Å². The highest BCUT2D eigenvalue weighted by Gasteiger charge is 2.13. The third-order valence-corrected chi connectivity index (χ3v) is 5.38. The molecule has 0 radical (unpaired) electrons. The molecule has 5 nitrogen and oxygen atoms in total. The fraction of sp³-hybridized carbons (Fsp3) is 0. The van der Waals surface area contributed by atoms with Crippen LogP contribution < -0.4 is 4.90 Å². The van der Waals surface area contributed by atoms with Crippen LogP contribution in [0.4, 0.5) is 17.1 Å².